The van der Waals surface area contributed by atoms with Crippen molar-refractivity contribution in [3.63, 3.8) is 0 Å². The lowest BCUT2D eigenvalue weighted by Crippen LogP contribution is -2.30. The first-order valence-corrected chi connectivity index (χ1v) is 12.5. The van der Waals surface area contributed by atoms with Gasteiger partial charge in [0.05, 0.1) is 23.4 Å². The molecule has 1 aliphatic heterocycles. The number of pyridine rings is 1. The van der Waals surface area contributed by atoms with Crippen molar-refractivity contribution < 1.29 is 9.47 Å². The molecule has 1 fully saturated rings. The minimum Gasteiger partial charge on any atom is -0.490 e. The number of methoxy groups -OCH3 is 1. The highest BCUT2D eigenvalue weighted by Gasteiger charge is 2.42. The zero-order valence-corrected chi connectivity index (χ0v) is 21.7. The Morgan fingerprint density at radius 2 is 1.78 bits per heavy atom. The fourth-order valence-electron chi connectivity index (χ4n) is 4.64. The van der Waals surface area contributed by atoms with Gasteiger partial charge < -0.3 is 24.3 Å². The molecule has 2 aromatic heterocycles. The van der Waals surface area contributed by atoms with Gasteiger partial charge in [-0.15, -0.1) is 0 Å². The van der Waals surface area contributed by atoms with Gasteiger partial charge >= 0.3 is 0 Å². The molecule has 3 heterocycles. The Morgan fingerprint density at radius 1 is 0.972 bits per heavy atom. The molecule has 36 heavy (non-hydrogen) atoms. The standard InChI is InChI=1S/C28H27ClN4O2S/c1-19-11-13-24(32(19)20-8-4-3-5-9-20)27-26(23-10-6-7-15-30-23)31-28(36)33(27)21-12-14-25(22(29)18-21)35-17-16-34-2/h3-15,18,26-27H,16-17H2,1-2H3,(H,31,36)/t26-,27+/m0/s1. The summed E-state index contributed by atoms with van der Waals surface area (Å²) in [6, 6.07) is 26.0. The molecule has 2 atom stereocenters. The minimum atomic E-state index is -0.169. The predicted octanol–water partition coefficient (Wildman–Crippen LogP) is 6.04. The third kappa shape index (κ3) is 4.69. The van der Waals surface area contributed by atoms with Crippen molar-refractivity contribution in [1.29, 1.82) is 0 Å². The first kappa shape index (κ1) is 24.3. The maximum absolute atomic E-state index is 6.64. The van der Waals surface area contributed by atoms with Crippen LogP contribution in [0.15, 0.2) is 85.1 Å². The van der Waals surface area contributed by atoms with Crippen LogP contribution in [0, 0.1) is 6.92 Å². The van der Waals surface area contributed by atoms with Gasteiger partial charge in [0.1, 0.15) is 18.4 Å². The van der Waals surface area contributed by atoms with Gasteiger partial charge in [0.2, 0.25) is 0 Å². The predicted molar refractivity (Wildman–Crippen MR) is 147 cm³/mol. The number of hydrogen-bond donors (Lipinski definition) is 1. The molecule has 0 unspecified atom stereocenters. The monoisotopic (exact) mass is 518 g/mol. The summed E-state index contributed by atoms with van der Waals surface area (Å²) in [5, 5.41) is 4.65. The fraction of sp³-hybridized carbons (Fsp3) is 0.214. The Balaban J connectivity index is 1.61. The Bertz CT molecular complexity index is 1350. The van der Waals surface area contributed by atoms with E-state index in [1.165, 1.54) is 0 Å². The molecule has 5 rings (SSSR count). The molecule has 1 N–H and O–H groups in total. The van der Waals surface area contributed by atoms with Crippen LogP contribution in [-0.4, -0.2) is 35.0 Å². The molecule has 0 saturated carbocycles. The average Bonchev–Trinajstić information content (AvgIpc) is 3.45. The van der Waals surface area contributed by atoms with E-state index >= 15 is 0 Å². The van der Waals surface area contributed by atoms with Gasteiger partial charge in [-0.25, -0.2) is 0 Å². The Kier molecular flexibility index (Phi) is 7.23. The molecule has 1 saturated heterocycles. The third-order valence-electron chi connectivity index (χ3n) is 6.26. The average molecular weight is 519 g/mol. The van der Waals surface area contributed by atoms with Crippen LogP contribution in [0.5, 0.6) is 5.75 Å². The van der Waals surface area contributed by atoms with Crippen molar-refractivity contribution in [2.45, 2.75) is 19.0 Å². The van der Waals surface area contributed by atoms with Crippen molar-refractivity contribution in [2.24, 2.45) is 0 Å². The largest absolute Gasteiger partial charge is 0.490 e. The van der Waals surface area contributed by atoms with Gasteiger partial charge in [0, 0.05) is 36.1 Å². The number of anilines is 1. The van der Waals surface area contributed by atoms with Crippen LogP contribution in [0.4, 0.5) is 5.69 Å². The number of hydrogen-bond acceptors (Lipinski definition) is 4. The van der Waals surface area contributed by atoms with E-state index in [1.807, 2.05) is 60.8 Å². The van der Waals surface area contributed by atoms with E-state index in [9.17, 15) is 0 Å². The number of nitrogens with zero attached hydrogens (tertiary/aromatic N) is 3. The number of nitrogens with one attached hydrogen (secondary N) is 1. The summed E-state index contributed by atoms with van der Waals surface area (Å²) in [4.78, 5) is 6.78. The second-order valence-electron chi connectivity index (χ2n) is 8.52. The molecule has 4 aromatic rings. The number of aryl methyl sites for hydroxylation is 1. The number of para-hydroxylation sites is 1. The van der Waals surface area contributed by atoms with Gasteiger partial charge in [0.25, 0.3) is 0 Å². The SMILES string of the molecule is COCCOc1ccc(N2C(=S)N[C@@H](c3ccccn3)[C@H]2c2ccc(C)n2-c2ccccc2)cc1Cl. The first-order valence-electron chi connectivity index (χ1n) is 11.7. The van der Waals surface area contributed by atoms with E-state index in [0.29, 0.717) is 29.1 Å². The Labute approximate surface area is 221 Å². The quantitative estimate of drug-likeness (QED) is 0.227. The lowest BCUT2D eigenvalue weighted by atomic mass is 10.0. The fourth-order valence-corrected chi connectivity index (χ4v) is 5.22. The summed E-state index contributed by atoms with van der Waals surface area (Å²) in [5.41, 5.74) is 5.11. The highest BCUT2D eigenvalue weighted by atomic mass is 35.5. The van der Waals surface area contributed by atoms with Crippen LogP contribution in [0.25, 0.3) is 5.69 Å². The number of halogens is 1. The normalized spacial score (nSPS) is 17.3. The topological polar surface area (TPSA) is 51.6 Å². The van der Waals surface area contributed by atoms with Gasteiger partial charge in [-0.1, -0.05) is 35.9 Å². The van der Waals surface area contributed by atoms with E-state index < -0.39 is 0 Å². The van der Waals surface area contributed by atoms with Gasteiger partial charge in [-0.2, -0.15) is 0 Å². The van der Waals surface area contributed by atoms with Crippen LogP contribution in [0.1, 0.15) is 29.2 Å². The number of thiocarbonyl (C=S) groups is 1. The lowest BCUT2D eigenvalue weighted by Gasteiger charge is -2.29. The summed E-state index contributed by atoms with van der Waals surface area (Å²) >= 11 is 12.5. The Hall–Kier alpha value is -3.39. The van der Waals surface area contributed by atoms with Gasteiger partial charge in [0.15, 0.2) is 5.11 Å². The molecule has 0 amide bonds. The number of rotatable bonds is 8. The van der Waals surface area contributed by atoms with Crippen molar-refractivity contribution >= 4 is 34.6 Å². The summed E-state index contributed by atoms with van der Waals surface area (Å²) in [7, 11) is 1.64. The van der Waals surface area contributed by atoms with Gasteiger partial charge in [-0.3, -0.25) is 4.98 Å². The van der Waals surface area contributed by atoms with Crippen LogP contribution >= 0.6 is 23.8 Å². The number of ether oxygens (including phenoxy) is 2. The summed E-state index contributed by atoms with van der Waals surface area (Å²) in [6.45, 7) is 3.02. The van der Waals surface area contributed by atoms with E-state index in [0.717, 1.165) is 28.5 Å². The summed E-state index contributed by atoms with van der Waals surface area (Å²) < 4.78 is 13.1. The molecule has 2 aromatic carbocycles. The van der Waals surface area contributed by atoms with Crippen molar-refractivity contribution in [1.82, 2.24) is 14.9 Å². The molecule has 8 heteroatoms. The molecule has 0 spiro atoms. The van der Waals surface area contributed by atoms with E-state index in [2.05, 4.69) is 51.0 Å². The number of aromatic nitrogens is 2. The molecule has 0 aliphatic carbocycles. The summed E-state index contributed by atoms with van der Waals surface area (Å²) in [6.07, 6.45) is 1.81. The second-order valence-corrected chi connectivity index (χ2v) is 9.32. The van der Waals surface area contributed by atoms with Crippen molar-refractivity contribution in [3.05, 3.63) is 107 Å². The number of benzene rings is 2. The van der Waals surface area contributed by atoms with E-state index in [4.69, 9.17) is 33.3 Å². The minimum absolute atomic E-state index is 0.160. The molecular weight excluding hydrogens is 492 g/mol. The molecule has 184 valence electrons. The maximum atomic E-state index is 6.64. The molecular formula is C28H27ClN4O2S. The zero-order valence-electron chi connectivity index (χ0n) is 20.1. The van der Waals surface area contributed by atoms with E-state index in [1.54, 1.807) is 7.11 Å². The maximum Gasteiger partial charge on any atom is 0.174 e. The van der Waals surface area contributed by atoms with Crippen LogP contribution in [0.3, 0.4) is 0 Å². The lowest BCUT2D eigenvalue weighted by molar-refractivity contribution is 0.146. The summed E-state index contributed by atoms with van der Waals surface area (Å²) in [5.74, 6) is 0.608. The van der Waals surface area contributed by atoms with E-state index in [-0.39, 0.29) is 12.1 Å². The van der Waals surface area contributed by atoms with Crippen LogP contribution < -0.4 is 15.0 Å². The molecule has 0 bridgehead atoms. The highest BCUT2D eigenvalue weighted by molar-refractivity contribution is 7.80. The molecule has 1 aliphatic rings. The van der Waals surface area contributed by atoms with Crippen molar-refractivity contribution in [3.8, 4) is 11.4 Å². The third-order valence-corrected chi connectivity index (χ3v) is 6.87. The van der Waals surface area contributed by atoms with Crippen LogP contribution in [-0.2, 0) is 4.74 Å². The second kappa shape index (κ2) is 10.7. The molecule has 0 radical (unpaired) electrons. The Morgan fingerprint density at radius 3 is 2.50 bits per heavy atom. The van der Waals surface area contributed by atoms with Gasteiger partial charge in [-0.05, 0) is 73.7 Å². The van der Waals surface area contributed by atoms with Crippen molar-refractivity contribution in [2.75, 3.05) is 25.2 Å². The molecule has 6 nitrogen and oxygen atoms in total. The van der Waals surface area contributed by atoms with Crippen LogP contribution in [0.2, 0.25) is 5.02 Å². The first-order chi connectivity index (χ1) is 17.6. The smallest absolute Gasteiger partial charge is 0.174 e. The zero-order chi connectivity index (χ0) is 25.1. The highest BCUT2D eigenvalue weighted by Crippen LogP contribution is 2.44.